The zero-order valence-electron chi connectivity index (χ0n) is 17.4. The summed E-state index contributed by atoms with van der Waals surface area (Å²) in [7, 11) is 1.61. The molecule has 6 heteroatoms. The maximum atomic E-state index is 12.8. The molecule has 5 nitrogen and oxygen atoms in total. The Bertz CT molecular complexity index is 1190. The summed E-state index contributed by atoms with van der Waals surface area (Å²) >= 11 is 1.71. The zero-order chi connectivity index (χ0) is 21.2. The molecule has 31 heavy (non-hydrogen) atoms. The number of benzene rings is 2. The summed E-state index contributed by atoms with van der Waals surface area (Å²) in [6.45, 7) is 3.82. The standard InChI is InChI=1S/C25H24N2O3S/c1-29-22-4-2-3-19(14-22)25(28)27-10-8-26(9-11-27)16-23-15-21-13-18(5-6-24(21)30-23)20-7-12-31-17-20/h2-7,12-15,17H,8-11,16H2,1H3. The molecule has 0 bridgehead atoms. The van der Waals surface area contributed by atoms with Gasteiger partial charge in [-0.2, -0.15) is 11.3 Å². The summed E-state index contributed by atoms with van der Waals surface area (Å²) in [5.74, 6) is 1.73. The van der Waals surface area contributed by atoms with Gasteiger partial charge in [-0.05, 0) is 64.4 Å². The van der Waals surface area contributed by atoms with Gasteiger partial charge in [-0.25, -0.2) is 0 Å². The van der Waals surface area contributed by atoms with Gasteiger partial charge >= 0.3 is 0 Å². The molecule has 4 aromatic rings. The molecule has 158 valence electrons. The molecule has 1 aliphatic rings. The smallest absolute Gasteiger partial charge is 0.254 e. The fourth-order valence-corrected chi connectivity index (χ4v) is 4.72. The summed E-state index contributed by atoms with van der Waals surface area (Å²) in [5, 5.41) is 5.39. The van der Waals surface area contributed by atoms with Crippen LogP contribution in [0, 0.1) is 0 Å². The molecule has 1 saturated heterocycles. The van der Waals surface area contributed by atoms with Crippen molar-refractivity contribution in [2.24, 2.45) is 0 Å². The lowest BCUT2D eigenvalue weighted by molar-refractivity contribution is 0.0620. The second-order valence-electron chi connectivity index (χ2n) is 7.78. The molecule has 0 N–H and O–H groups in total. The topological polar surface area (TPSA) is 45.9 Å². The molecule has 0 unspecified atom stereocenters. The SMILES string of the molecule is COc1cccc(C(=O)N2CCN(Cc3cc4cc(-c5ccsc5)ccc4o3)CC2)c1. The molecule has 0 aliphatic carbocycles. The van der Waals surface area contributed by atoms with E-state index in [4.69, 9.17) is 9.15 Å². The van der Waals surface area contributed by atoms with Crippen LogP contribution in [0.1, 0.15) is 16.1 Å². The van der Waals surface area contributed by atoms with Crippen molar-refractivity contribution in [3.8, 4) is 16.9 Å². The highest BCUT2D eigenvalue weighted by molar-refractivity contribution is 7.08. The van der Waals surface area contributed by atoms with Crippen molar-refractivity contribution >= 4 is 28.2 Å². The first-order valence-corrected chi connectivity index (χ1v) is 11.3. The van der Waals surface area contributed by atoms with Crippen molar-refractivity contribution in [2.45, 2.75) is 6.54 Å². The predicted molar refractivity (Wildman–Crippen MR) is 124 cm³/mol. The fraction of sp³-hybridized carbons (Fsp3) is 0.240. The highest BCUT2D eigenvalue weighted by Crippen LogP contribution is 2.28. The number of furan rings is 1. The van der Waals surface area contributed by atoms with E-state index in [1.54, 1.807) is 24.5 Å². The quantitative estimate of drug-likeness (QED) is 0.439. The highest BCUT2D eigenvalue weighted by atomic mass is 32.1. The molecule has 0 radical (unpaired) electrons. The van der Waals surface area contributed by atoms with Crippen molar-refractivity contribution in [3.05, 3.63) is 76.7 Å². The average molecular weight is 433 g/mol. The van der Waals surface area contributed by atoms with Crippen molar-refractivity contribution in [1.29, 1.82) is 0 Å². The number of fused-ring (bicyclic) bond motifs is 1. The van der Waals surface area contributed by atoms with Crippen molar-refractivity contribution in [3.63, 3.8) is 0 Å². The molecular formula is C25H24N2O3S. The number of carbonyl (C=O) groups excluding carboxylic acids is 1. The van der Waals surface area contributed by atoms with Crippen molar-refractivity contribution in [1.82, 2.24) is 9.80 Å². The third kappa shape index (κ3) is 4.22. The minimum absolute atomic E-state index is 0.0586. The summed E-state index contributed by atoms with van der Waals surface area (Å²) in [4.78, 5) is 17.1. The second kappa shape index (κ2) is 8.57. The Morgan fingerprint density at radius 1 is 1.03 bits per heavy atom. The average Bonchev–Trinajstić information content (AvgIpc) is 3.48. The lowest BCUT2D eigenvalue weighted by Gasteiger charge is -2.34. The Labute approximate surface area is 185 Å². The van der Waals surface area contributed by atoms with Crippen LogP contribution in [-0.4, -0.2) is 49.0 Å². The van der Waals surface area contributed by atoms with Crippen LogP contribution < -0.4 is 4.74 Å². The number of thiophene rings is 1. The Hall–Kier alpha value is -3.09. The van der Waals surface area contributed by atoms with Gasteiger partial charge in [0, 0.05) is 37.1 Å². The number of nitrogens with zero attached hydrogens (tertiary/aromatic N) is 2. The molecule has 1 aliphatic heterocycles. The molecule has 0 atom stereocenters. The van der Waals surface area contributed by atoms with E-state index < -0.39 is 0 Å². The van der Waals surface area contributed by atoms with Crippen LogP contribution in [0.15, 0.2) is 69.8 Å². The molecule has 1 amide bonds. The van der Waals surface area contributed by atoms with Crippen LogP contribution in [0.2, 0.25) is 0 Å². The zero-order valence-corrected chi connectivity index (χ0v) is 18.2. The normalized spacial score (nSPS) is 14.8. The van der Waals surface area contributed by atoms with Gasteiger partial charge in [0.1, 0.15) is 17.1 Å². The molecule has 1 fully saturated rings. The monoisotopic (exact) mass is 432 g/mol. The van der Waals surface area contributed by atoms with E-state index in [1.165, 1.54) is 11.1 Å². The van der Waals surface area contributed by atoms with E-state index in [-0.39, 0.29) is 5.91 Å². The van der Waals surface area contributed by atoms with E-state index >= 15 is 0 Å². The number of amides is 1. The minimum atomic E-state index is 0.0586. The fourth-order valence-electron chi connectivity index (χ4n) is 4.05. The first-order valence-electron chi connectivity index (χ1n) is 10.4. The van der Waals surface area contributed by atoms with Crippen molar-refractivity contribution < 1.29 is 13.9 Å². The number of carbonyl (C=O) groups is 1. The lowest BCUT2D eigenvalue weighted by Crippen LogP contribution is -2.48. The summed E-state index contributed by atoms with van der Waals surface area (Å²) in [6, 6.07) is 18.0. The number of methoxy groups -OCH3 is 1. The van der Waals surface area contributed by atoms with E-state index in [2.05, 4.69) is 46.0 Å². The Balaban J connectivity index is 1.22. The third-order valence-electron chi connectivity index (χ3n) is 5.78. The number of rotatable bonds is 5. The Morgan fingerprint density at radius 2 is 1.90 bits per heavy atom. The van der Waals surface area contributed by atoms with E-state index in [9.17, 15) is 4.79 Å². The van der Waals surface area contributed by atoms with Gasteiger partial charge in [-0.3, -0.25) is 9.69 Å². The van der Waals surface area contributed by atoms with Gasteiger partial charge in [-0.15, -0.1) is 0 Å². The number of piperazine rings is 1. The van der Waals surface area contributed by atoms with Crippen LogP contribution in [-0.2, 0) is 6.54 Å². The maximum absolute atomic E-state index is 12.8. The minimum Gasteiger partial charge on any atom is -0.497 e. The first-order chi connectivity index (χ1) is 15.2. The molecule has 0 spiro atoms. The summed E-state index contributed by atoms with van der Waals surface area (Å²) in [5.41, 5.74) is 4.05. The molecule has 3 heterocycles. The van der Waals surface area contributed by atoms with Crippen LogP contribution in [0.4, 0.5) is 0 Å². The maximum Gasteiger partial charge on any atom is 0.254 e. The molecule has 0 saturated carbocycles. The molecule has 2 aromatic carbocycles. The van der Waals surface area contributed by atoms with E-state index in [0.717, 1.165) is 36.4 Å². The third-order valence-corrected chi connectivity index (χ3v) is 6.46. The summed E-state index contributed by atoms with van der Waals surface area (Å²) in [6.07, 6.45) is 0. The van der Waals surface area contributed by atoms with E-state index in [1.807, 2.05) is 23.1 Å². The number of hydrogen-bond donors (Lipinski definition) is 0. The van der Waals surface area contributed by atoms with Crippen LogP contribution in [0.5, 0.6) is 5.75 Å². The molecular weight excluding hydrogens is 408 g/mol. The second-order valence-corrected chi connectivity index (χ2v) is 8.56. The van der Waals surface area contributed by atoms with Gasteiger partial charge in [0.2, 0.25) is 0 Å². The van der Waals surface area contributed by atoms with Crippen LogP contribution in [0.25, 0.3) is 22.1 Å². The van der Waals surface area contributed by atoms with Crippen LogP contribution >= 0.6 is 11.3 Å². The Morgan fingerprint density at radius 3 is 2.68 bits per heavy atom. The van der Waals surface area contributed by atoms with Crippen LogP contribution in [0.3, 0.4) is 0 Å². The lowest BCUT2D eigenvalue weighted by atomic mass is 10.1. The van der Waals surface area contributed by atoms with Crippen molar-refractivity contribution in [2.75, 3.05) is 33.3 Å². The molecule has 5 rings (SSSR count). The van der Waals surface area contributed by atoms with Gasteiger partial charge in [0.25, 0.3) is 5.91 Å². The van der Waals surface area contributed by atoms with Gasteiger partial charge < -0.3 is 14.1 Å². The largest absolute Gasteiger partial charge is 0.497 e. The van der Waals surface area contributed by atoms with Gasteiger partial charge in [0.05, 0.1) is 13.7 Å². The number of ether oxygens (including phenoxy) is 1. The Kier molecular flexibility index (Phi) is 5.49. The summed E-state index contributed by atoms with van der Waals surface area (Å²) < 4.78 is 11.3. The van der Waals surface area contributed by atoms with E-state index in [0.29, 0.717) is 24.4 Å². The van der Waals surface area contributed by atoms with Gasteiger partial charge in [0.15, 0.2) is 0 Å². The highest BCUT2D eigenvalue weighted by Gasteiger charge is 2.23. The predicted octanol–water partition coefficient (Wildman–Crippen LogP) is 5.13. The molecule has 2 aromatic heterocycles. The van der Waals surface area contributed by atoms with Gasteiger partial charge in [-0.1, -0.05) is 12.1 Å². The number of hydrogen-bond acceptors (Lipinski definition) is 5. The first kappa shape index (κ1) is 19.8.